The molecule has 0 radical (unpaired) electrons. The van der Waals surface area contributed by atoms with Crippen LogP contribution in [0.5, 0.6) is 23.0 Å². The molecule has 4 aromatic rings. The lowest BCUT2D eigenvalue weighted by Gasteiger charge is -2.36. The highest BCUT2D eigenvalue weighted by molar-refractivity contribution is 5.74. The summed E-state index contributed by atoms with van der Waals surface area (Å²) in [6.45, 7) is 4.02. The molecule has 0 aliphatic carbocycles. The Bertz CT molecular complexity index is 2000. The number of nitrogens with zero attached hydrogens (tertiary/aromatic N) is 6. The molecule has 312 valence electrons. The number of rotatable bonds is 8. The molecule has 2 aromatic heterocycles. The normalized spacial score (nSPS) is 14.2. The summed E-state index contributed by atoms with van der Waals surface area (Å²) in [7, 11) is 2.89. The summed E-state index contributed by atoms with van der Waals surface area (Å²) in [4.78, 5) is 38.1. The molecule has 2 aliphatic rings. The highest BCUT2D eigenvalue weighted by Crippen LogP contribution is 2.36. The molecule has 2 fully saturated rings. The molecule has 2 aromatic carbocycles. The van der Waals surface area contributed by atoms with Crippen molar-refractivity contribution in [3.8, 4) is 23.0 Å². The molecule has 2 amide bonds. The van der Waals surface area contributed by atoms with E-state index in [0.29, 0.717) is 37.7 Å². The van der Waals surface area contributed by atoms with E-state index in [9.17, 15) is 46.1 Å². The maximum Gasteiger partial charge on any atom is 0.419 e. The predicted octanol–water partition coefficient (Wildman–Crippen LogP) is 5.59. The molecule has 0 atom stereocenters. The zero-order valence-electron chi connectivity index (χ0n) is 31.5. The summed E-state index contributed by atoms with van der Waals surface area (Å²) >= 11 is 0. The van der Waals surface area contributed by atoms with Crippen LogP contribution in [0.4, 0.5) is 42.8 Å². The number of aromatic nitrogens is 2. The Morgan fingerprint density at radius 3 is 1.74 bits per heavy atom. The van der Waals surface area contributed by atoms with Crippen LogP contribution >= 0.6 is 0 Å². The summed E-state index contributed by atoms with van der Waals surface area (Å²) in [5.41, 5.74) is 0.101. The van der Waals surface area contributed by atoms with E-state index in [0.717, 1.165) is 23.3 Å². The second-order valence-electron chi connectivity index (χ2n) is 12.5. The second-order valence-corrected chi connectivity index (χ2v) is 12.5. The average Bonchev–Trinajstić information content (AvgIpc) is 3.23. The maximum absolute atomic E-state index is 13.2. The first kappa shape index (κ1) is 44.4. The van der Waals surface area contributed by atoms with Gasteiger partial charge in [0.1, 0.15) is 11.6 Å². The monoisotopic (exact) mass is 820 g/mol. The van der Waals surface area contributed by atoms with E-state index in [4.69, 9.17) is 9.47 Å². The fourth-order valence-electron chi connectivity index (χ4n) is 5.80. The molecular weight excluding hydrogens is 778 g/mol. The number of benzene rings is 2. The molecule has 14 nitrogen and oxygen atoms in total. The number of alkyl halides is 6. The van der Waals surface area contributed by atoms with E-state index in [1.54, 1.807) is 34.1 Å². The van der Waals surface area contributed by atoms with Crippen LogP contribution in [-0.2, 0) is 30.2 Å². The molecule has 0 bridgehead atoms. The number of urea groups is 1. The highest BCUT2D eigenvalue weighted by atomic mass is 19.4. The van der Waals surface area contributed by atoms with Crippen molar-refractivity contribution in [1.82, 2.24) is 25.5 Å². The lowest BCUT2D eigenvalue weighted by atomic mass is 10.2. The molecule has 58 heavy (non-hydrogen) atoms. The van der Waals surface area contributed by atoms with Gasteiger partial charge in [0.25, 0.3) is 0 Å². The Morgan fingerprint density at radius 1 is 0.776 bits per heavy atom. The summed E-state index contributed by atoms with van der Waals surface area (Å²) in [6, 6.07) is 13.9. The van der Waals surface area contributed by atoms with Gasteiger partial charge >= 0.3 is 18.4 Å². The van der Waals surface area contributed by atoms with Crippen LogP contribution in [0.1, 0.15) is 22.3 Å². The molecule has 0 unspecified atom stereocenters. The molecule has 2 aliphatic heterocycles. The van der Waals surface area contributed by atoms with Gasteiger partial charge in [-0.1, -0.05) is 12.1 Å². The third-order valence-electron chi connectivity index (χ3n) is 8.73. The zero-order chi connectivity index (χ0) is 42.3. The van der Waals surface area contributed by atoms with Crippen LogP contribution < -0.4 is 29.9 Å². The first-order valence-corrected chi connectivity index (χ1v) is 17.7. The number of anilines is 2. The maximum atomic E-state index is 13.2. The van der Waals surface area contributed by atoms with Crippen molar-refractivity contribution < 1.29 is 55.6 Å². The van der Waals surface area contributed by atoms with Gasteiger partial charge in [-0.25, -0.2) is 24.5 Å². The van der Waals surface area contributed by atoms with E-state index in [1.807, 2.05) is 0 Å². The summed E-state index contributed by atoms with van der Waals surface area (Å²) in [6.07, 6.45) is -4.66. The van der Waals surface area contributed by atoms with E-state index in [2.05, 4.69) is 25.6 Å². The number of methoxy groups -OCH3 is 2. The van der Waals surface area contributed by atoms with Gasteiger partial charge in [0.15, 0.2) is 23.0 Å². The van der Waals surface area contributed by atoms with Gasteiger partial charge in [-0.05, 0) is 59.7 Å². The molecule has 4 N–H and O–H groups in total. The van der Waals surface area contributed by atoms with Crippen molar-refractivity contribution in [2.24, 2.45) is 4.99 Å². The largest absolute Gasteiger partial charge is 0.504 e. The van der Waals surface area contributed by atoms with E-state index >= 15 is 0 Å². The smallest absolute Gasteiger partial charge is 0.419 e. The molecule has 20 heteroatoms. The van der Waals surface area contributed by atoms with Crippen LogP contribution in [0.15, 0.2) is 78.0 Å². The number of carbonyl (C=O) groups excluding carboxylic acids is 2. The van der Waals surface area contributed by atoms with Crippen molar-refractivity contribution in [2.75, 3.05) is 76.4 Å². The number of piperazine rings is 2. The van der Waals surface area contributed by atoms with Crippen LogP contribution in [0.2, 0.25) is 0 Å². The first-order valence-electron chi connectivity index (χ1n) is 17.7. The summed E-state index contributed by atoms with van der Waals surface area (Å²) in [5, 5.41) is 24.7. The van der Waals surface area contributed by atoms with Crippen LogP contribution in [0, 0.1) is 0 Å². The minimum atomic E-state index is -4.48. The first-order chi connectivity index (χ1) is 27.7. The van der Waals surface area contributed by atoms with Gasteiger partial charge in [-0.15, -0.1) is 0 Å². The number of ether oxygens (including phenoxy) is 2. The summed E-state index contributed by atoms with van der Waals surface area (Å²) < 4.78 is 87.6. The topological polar surface area (TPSA) is 165 Å². The number of hydrogen-bond acceptors (Lipinski definition) is 12. The number of isocyanates is 1. The molecule has 2 saturated heterocycles. The number of aliphatic imine (C=N–C) groups is 1. The number of pyridine rings is 2. The Balaban J connectivity index is 0.000000215. The van der Waals surface area contributed by atoms with Crippen molar-refractivity contribution in [3.63, 3.8) is 0 Å². The number of aromatic hydroxyl groups is 2. The fraction of sp³-hybridized carbons (Fsp3) is 0.368. The number of amides is 2. The molecule has 0 spiro atoms. The van der Waals surface area contributed by atoms with Crippen LogP contribution in [0.25, 0.3) is 0 Å². The minimum absolute atomic E-state index is 0.00597. The quantitative estimate of drug-likeness (QED) is 0.0995. The van der Waals surface area contributed by atoms with Crippen molar-refractivity contribution in [2.45, 2.75) is 25.4 Å². The van der Waals surface area contributed by atoms with Crippen molar-refractivity contribution in [3.05, 3.63) is 95.3 Å². The number of nitrogens with one attached hydrogen (secondary N) is 2. The fourth-order valence-corrected chi connectivity index (χ4v) is 5.80. The highest BCUT2D eigenvalue weighted by Gasteiger charge is 2.37. The molecule has 6 rings (SSSR count). The van der Waals surface area contributed by atoms with Gasteiger partial charge in [0.05, 0.1) is 31.9 Å². The van der Waals surface area contributed by atoms with Gasteiger partial charge < -0.3 is 45.0 Å². The minimum Gasteiger partial charge on any atom is -0.504 e. The molecular formula is C38H42F6N8O6. The SMILES string of the molecule is COc1cc(CN=C=O)ccc1O.COc1cc(CNC(=O)N2CCN(c3ncccc3C(F)(F)F)CC2)ccc1O.FC(F)(F)c1cccnc1N1CCNCC1. The van der Waals surface area contributed by atoms with Crippen LogP contribution in [-0.4, -0.2) is 104 Å². The number of phenolic OH excluding ortho intramolecular Hbond substituents is 2. The van der Waals surface area contributed by atoms with E-state index < -0.39 is 23.5 Å². The van der Waals surface area contributed by atoms with E-state index in [1.165, 1.54) is 61.9 Å². The number of phenols is 2. The predicted molar refractivity (Wildman–Crippen MR) is 201 cm³/mol. The van der Waals surface area contributed by atoms with E-state index in [-0.39, 0.29) is 68.4 Å². The number of hydrogen-bond donors (Lipinski definition) is 4. The standard InChI is InChI=1S/C19H21F3N4O3.C10H12F3N3.C9H9NO3/c1-29-16-11-13(4-5-15(16)27)12-24-18(28)26-9-7-25(8-10-26)17-14(19(20,21)22)3-2-6-23-17;11-10(12,13)8-2-1-3-15-9(8)16-6-4-14-5-7-16;1-13-9-4-7(5-10-6-11)2-3-8(9)12/h2-6,11,27H,7-10,12H2,1H3,(H,24,28);1-3,14H,4-7H2;2-4,12H,5H2,1H3. The average molecular weight is 821 g/mol. The van der Waals surface area contributed by atoms with Crippen LogP contribution in [0.3, 0.4) is 0 Å². The van der Waals surface area contributed by atoms with Gasteiger partial charge in [-0.2, -0.15) is 26.3 Å². The van der Waals surface area contributed by atoms with Gasteiger partial charge in [0.2, 0.25) is 6.08 Å². The molecule has 4 heterocycles. The number of carbonyl (C=O) groups is 1. The lowest BCUT2D eigenvalue weighted by molar-refractivity contribution is -0.138. The summed E-state index contributed by atoms with van der Waals surface area (Å²) in [5.74, 6) is 0.681. The Kier molecular flexibility index (Phi) is 15.9. The third kappa shape index (κ3) is 12.6. The van der Waals surface area contributed by atoms with Gasteiger partial charge in [-0.3, -0.25) is 0 Å². The zero-order valence-corrected chi connectivity index (χ0v) is 31.5. The Hall–Kier alpha value is -6.27. The second kappa shape index (κ2) is 20.8. The van der Waals surface area contributed by atoms with Crippen molar-refractivity contribution >= 4 is 23.7 Å². The Morgan fingerprint density at radius 2 is 1.26 bits per heavy atom. The number of halogens is 6. The lowest BCUT2D eigenvalue weighted by Crippen LogP contribution is -2.52. The van der Waals surface area contributed by atoms with Crippen molar-refractivity contribution in [1.29, 1.82) is 0 Å². The third-order valence-corrected chi connectivity index (χ3v) is 8.73. The Labute approximate surface area is 329 Å². The van der Waals surface area contributed by atoms with Gasteiger partial charge in [0, 0.05) is 71.3 Å². The molecule has 0 saturated carbocycles.